The molecule has 3 aromatic carbocycles. The standard InChI is InChI=1S/C27H30N2O/c1-21(23-15-11-16-24(20-23)22-13-6-4-7-14-22)12-5-2-3-8-19-27(30)29-26-18-10-9-17-25(26)28/h4,6-7,9-11,13-18,20H,1-3,5,8,12,19,28H2,(H,29,30). The van der Waals surface area contributed by atoms with Crippen LogP contribution < -0.4 is 11.1 Å². The number of hydrogen-bond donors (Lipinski definition) is 2. The van der Waals surface area contributed by atoms with Gasteiger partial charge in [0, 0.05) is 6.42 Å². The van der Waals surface area contributed by atoms with Crippen LogP contribution in [0.2, 0.25) is 0 Å². The summed E-state index contributed by atoms with van der Waals surface area (Å²) in [5.41, 5.74) is 12.0. The maximum Gasteiger partial charge on any atom is 0.224 e. The minimum atomic E-state index is 0.0232. The van der Waals surface area contributed by atoms with Gasteiger partial charge in [0.15, 0.2) is 0 Å². The Morgan fingerprint density at radius 2 is 1.43 bits per heavy atom. The number of carbonyl (C=O) groups excluding carboxylic acids is 1. The molecule has 0 aliphatic carbocycles. The zero-order valence-electron chi connectivity index (χ0n) is 17.4. The summed E-state index contributed by atoms with van der Waals surface area (Å²) in [6, 6.07) is 26.3. The number of allylic oxidation sites excluding steroid dienone is 1. The number of anilines is 2. The number of hydrogen-bond acceptors (Lipinski definition) is 2. The minimum Gasteiger partial charge on any atom is -0.397 e. The predicted octanol–water partition coefficient (Wildman–Crippen LogP) is 6.93. The van der Waals surface area contributed by atoms with E-state index in [1.165, 1.54) is 22.3 Å². The van der Waals surface area contributed by atoms with Gasteiger partial charge in [-0.05, 0) is 59.7 Å². The summed E-state index contributed by atoms with van der Waals surface area (Å²) in [6.45, 7) is 4.28. The fraction of sp³-hybridized carbons (Fsp3) is 0.222. The van der Waals surface area contributed by atoms with Gasteiger partial charge < -0.3 is 11.1 Å². The Balaban J connectivity index is 1.36. The predicted molar refractivity (Wildman–Crippen MR) is 128 cm³/mol. The van der Waals surface area contributed by atoms with Gasteiger partial charge in [-0.2, -0.15) is 0 Å². The first kappa shape index (κ1) is 21.4. The van der Waals surface area contributed by atoms with Crippen molar-refractivity contribution in [3.05, 3.63) is 91.0 Å². The Morgan fingerprint density at radius 3 is 2.20 bits per heavy atom. The highest BCUT2D eigenvalue weighted by molar-refractivity contribution is 5.93. The molecule has 3 heteroatoms. The number of unbranched alkanes of at least 4 members (excludes halogenated alkanes) is 3. The van der Waals surface area contributed by atoms with E-state index in [1.54, 1.807) is 6.07 Å². The molecule has 0 aliphatic heterocycles. The zero-order chi connectivity index (χ0) is 21.2. The molecular formula is C27H30N2O. The Bertz CT molecular complexity index is 979. The minimum absolute atomic E-state index is 0.0232. The summed E-state index contributed by atoms with van der Waals surface area (Å²) < 4.78 is 0. The monoisotopic (exact) mass is 398 g/mol. The number of rotatable bonds is 10. The topological polar surface area (TPSA) is 55.1 Å². The summed E-state index contributed by atoms with van der Waals surface area (Å²) in [4.78, 5) is 12.1. The second-order valence-corrected chi connectivity index (χ2v) is 7.60. The molecule has 0 radical (unpaired) electrons. The average Bonchev–Trinajstić information content (AvgIpc) is 2.78. The molecule has 0 aromatic heterocycles. The lowest BCUT2D eigenvalue weighted by molar-refractivity contribution is -0.116. The van der Waals surface area contributed by atoms with E-state index in [1.807, 2.05) is 24.3 Å². The Labute approximate surface area is 179 Å². The summed E-state index contributed by atoms with van der Waals surface area (Å²) in [6.07, 6.45) is 5.60. The van der Waals surface area contributed by atoms with Crippen LogP contribution in [0, 0.1) is 0 Å². The molecule has 0 saturated carbocycles. The fourth-order valence-corrected chi connectivity index (χ4v) is 3.49. The first-order valence-corrected chi connectivity index (χ1v) is 10.6. The van der Waals surface area contributed by atoms with Crippen LogP contribution in [0.3, 0.4) is 0 Å². The maximum absolute atomic E-state index is 12.1. The zero-order valence-corrected chi connectivity index (χ0v) is 17.4. The molecule has 0 atom stereocenters. The highest BCUT2D eigenvalue weighted by Crippen LogP contribution is 2.26. The summed E-state index contributed by atoms with van der Waals surface area (Å²) >= 11 is 0. The van der Waals surface area contributed by atoms with E-state index in [9.17, 15) is 4.79 Å². The van der Waals surface area contributed by atoms with Gasteiger partial charge in [-0.25, -0.2) is 0 Å². The largest absolute Gasteiger partial charge is 0.397 e. The van der Waals surface area contributed by atoms with Crippen LogP contribution in [0.4, 0.5) is 11.4 Å². The quantitative estimate of drug-likeness (QED) is 0.287. The molecule has 0 saturated heterocycles. The van der Waals surface area contributed by atoms with Gasteiger partial charge in [-0.15, -0.1) is 0 Å². The molecule has 0 spiro atoms. The van der Waals surface area contributed by atoms with Crippen LogP contribution in [0.25, 0.3) is 16.7 Å². The summed E-state index contributed by atoms with van der Waals surface area (Å²) in [5, 5.41) is 2.88. The first-order valence-electron chi connectivity index (χ1n) is 10.6. The molecule has 0 aliphatic rings. The number of benzene rings is 3. The highest BCUT2D eigenvalue weighted by Gasteiger charge is 2.05. The van der Waals surface area contributed by atoms with Crippen molar-refractivity contribution in [3.63, 3.8) is 0 Å². The van der Waals surface area contributed by atoms with Gasteiger partial charge in [0.1, 0.15) is 0 Å². The van der Waals surface area contributed by atoms with E-state index in [0.29, 0.717) is 17.8 Å². The number of carbonyl (C=O) groups is 1. The van der Waals surface area contributed by atoms with Crippen molar-refractivity contribution in [1.29, 1.82) is 0 Å². The van der Waals surface area contributed by atoms with Gasteiger partial charge in [-0.3, -0.25) is 4.79 Å². The second-order valence-electron chi connectivity index (χ2n) is 7.60. The lowest BCUT2D eigenvalue weighted by Gasteiger charge is -2.09. The molecule has 3 aromatic rings. The molecule has 154 valence electrons. The van der Waals surface area contributed by atoms with Crippen LogP contribution in [-0.2, 0) is 4.79 Å². The van der Waals surface area contributed by atoms with E-state index in [2.05, 4.69) is 60.4 Å². The molecule has 3 N–H and O–H groups in total. The molecule has 30 heavy (non-hydrogen) atoms. The lowest BCUT2D eigenvalue weighted by Crippen LogP contribution is -2.12. The first-order chi connectivity index (χ1) is 14.6. The third-order valence-corrected chi connectivity index (χ3v) is 5.25. The van der Waals surface area contributed by atoms with Crippen molar-refractivity contribution in [2.75, 3.05) is 11.1 Å². The van der Waals surface area contributed by atoms with Gasteiger partial charge >= 0.3 is 0 Å². The van der Waals surface area contributed by atoms with E-state index in [-0.39, 0.29) is 5.91 Å². The van der Waals surface area contributed by atoms with Crippen molar-refractivity contribution >= 4 is 22.9 Å². The Hall–Kier alpha value is -3.33. The fourth-order valence-electron chi connectivity index (χ4n) is 3.49. The lowest BCUT2D eigenvalue weighted by atomic mass is 9.96. The summed E-state index contributed by atoms with van der Waals surface area (Å²) in [7, 11) is 0. The van der Waals surface area contributed by atoms with E-state index >= 15 is 0 Å². The van der Waals surface area contributed by atoms with E-state index in [4.69, 9.17) is 5.73 Å². The second kappa shape index (κ2) is 11.0. The highest BCUT2D eigenvalue weighted by atomic mass is 16.1. The average molecular weight is 399 g/mol. The van der Waals surface area contributed by atoms with Gasteiger partial charge in [-0.1, -0.05) is 80.1 Å². The van der Waals surface area contributed by atoms with Crippen LogP contribution in [0.1, 0.15) is 44.1 Å². The molecule has 3 nitrogen and oxygen atoms in total. The molecule has 0 unspecified atom stereocenters. The van der Waals surface area contributed by atoms with Crippen LogP contribution >= 0.6 is 0 Å². The number of nitrogens with two attached hydrogens (primary N) is 1. The third-order valence-electron chi connectivity index (χ3n) is 5.25. The number of nitrogens with one attached hydrogen (secondary N) is 1. The molecule has 3 rings (SSSR count). The van der Waals surface area contributed by atoms with E-state index in [0.717, 1.165) is 32.1 Å². The maximum atomic E-state index is 12.1. The normalized spacial score (nSPS) is 10.5. The molecular weight excluding hydrogens is 368 g/mol. The van der Waals surface area contributed by atoms with Crippen molar-refractivity contribution in [2.24, 2.45) is 0 Å². The molecule has 1 amide bonds. The van der Waals surface area contributed by atoms with Crippen molar-refractivity contribution in [3.8, 4) is 11.1 Å². The van der Waals surface area contributed by atoms with E-state index < -0.39 is 0 Å². The van der Waals surface area contributed by atoms with Gasteiger partial charge in [0.25, 0.3) is 0 Å². The number of amides is 1. The van der Waals surface area contributed by atoms with Crippen LogP contribution in [-0.4, -0.2) is 5.91 Å². The van der Waals surface area contributed by atoms with Crippen molar-refractivity contribution < 1.29 is 4.79 Å². The smallest absolute Gasteiger partial charge is 0.224 e. The Morgan fingerprint density at radius 1 is 0.767 bits per heavy atom. The number of nitrogen functional groups attached to an aromatic ring is 1. The van der Waals surface area contributed by atoms with Gasteiger partial charge in [0.2, 0.25) is 5.91 Å². The van der Waals surface area contributed by atoms with Crippen molar-refractivity contribution in [2.45, 2.75) is 38.5 Å². The van der Waals surface area contributed by atoms with Crippen LogP contribution in [0.15, 0.2) is 85.4 Å². The molecule has 0 heterocycles. The molecule has 0 bridgehead atoms. The van der Waals surface area contributed by atoms with Gasteiger partial charge in [0.05, 0.1) is 11.4 Å². The number of para-hydroxylation sites is 2. The van der Waals surface area contributed by atoms with Crippen LogP contribution in [0.5, 0.6) is 0 Å². The third kappa shape index (κ3) is 6.35. The van der Waals surface area contributed by atoms with Crippen molar-refractivity contribution in [1.82, 2.24) is 0 Å². The SMILES string of the molecule is C=C(CCCCCCC(=O)Nc1ccccc1N)c1cccc(-c2ccccc2)c1. The summed E-state index contributed by atoms with van der Waals surface area (Å²) in [5.74, 6) is 0.0232. The Kier molecular flexibility index (Phi) is 7.85. The molecule has 0 fully saturated rings.